The van der Waals surface area contributed by atoms with Crippen LogP contribution in [0.25, 0.3) is 0 Å². The molecule has 2 aromatic carbocycles. The second kappa shape index (κ2) is 10.8. The van der Waals surface area contributed by atoms with Gasteiger partial charge in [-0.2, -0.15) is 0 Å². The maximum absolute atomic E-state index is 13.0. The number of anilines is 3. The minimum atomic E-state index is -0.0950. The Labute approximate surface area is 200 Å². The Morgan fingerprint density at radius 2 is 1.73 bits per heavy atom. The number of hydrogen-bond acceptors (Lipinski definition) is 5. The van der Waals surface area contributed by atoms with Crippen LogP contribution in [-0.4, -0.2) is 57.0 Å². The number of ether oxygens (including phenoxy) is 1. The van der Waals surface area contributed by atoms with Gasteiger partial charge in [0.25, 0.3) is 5.91 Å². The van der Waals surface area contributed by atoms with Crippen molar-refractivity contribution in [3.05, 3.63) is 48.0 Å². The van der Waals surface area contributed by atoms with Crippen molar-refractivity contribution in [2.45, 2.75) is 31.7 Å². The van der Waals surface area contributed by atoms with Gasteiger partial charge in [-0.05, 0) is 49.6 Å². The van der Waals surface area contributed by atoms with Crippen molar-refractivity contribution in [1.29, 1.82) is 0 Å². The average molecular weight is 471 g/mol. The van der Waals surface area contributed by atoms with Crippen LogP contribution in [-0.2, 0) is 4.79 Å². The number of rotatable bonds is 9. The van der Waals surface area contributed by atoms with Gasteiger partial charge in [0.15, 0.2) is 0 Å². The fraction of sp³-hybridized carbons (Fsp3) is 0.440. The lowest BCUT2D eigenvalue weighted by atomic mass is 10.1. The quantitative estimate of drug-likeness (QED) is 0.544. The molecule has 1 heterocycles. The molecule has 0 bridgehead atoms. The van der Waals surface area contributed by atoms with Gasteiger partial charge in [0, 0.05) is 55.9 Å². The van der Waals surface area contributed by atoms with E-state index in [0.717, 1.165) is 56.1 Å². The van der Waals surface area contributed by atoms with E-state index in [9.17, 15) is 9.59 Å². The molecule has 33 heavy (non-hydrogen) atoms. The summed E-state index contributed by atoms with van der Waals surface area (Å²) in [5.74, 6) is 1.13. The molecule has 2 fully saturated rings. The third-order valence-electron chi connectivity index (χ3n) is 6.02. The lowest BCUT2D eigenvalue weighted by Crippen LogP contribution is -2.47. The molecule has 2 aliphatic rings. The van der Waals surface area contributed by atoms with Gasteiger partial charge in [-0.15, -0.1) is 11.6 Å². The van der Waals surface area contributed by atoms with E-state index in [4.69, 9.17) is 16.3 Å². The zero-order valence-electron chi connectivity index (χ0n) is 19.0. The zero-order chi connectivity index (χ0) is 23.2. The first kappa shape index (κ1) is 23.2. The average Bonchev–Trinajstić information content (AvgIpc) is 3.67. The van der Waals surface area contributed by atoms with Gasteiger partial charge in [-0.3, -0.25) is 9.59 Å². The van der Waals surface area contributed by atoms with E-state index < -0.39 is 0 Å². The van der Waals surface area contributed by atoms with E-state index >= 15 is 0 Å². The van der Waals surface area contributed by atoms with Crippen LogP contribution in [0.5, 0.6) is 5.75 Å². The summed E-state index contributed by atoms with van der Waals surface area (Å²) in [6.45, 7) is 3.20. The molecule has 1 aliphatic heterocycles. The molecule has 7 nitrogen and oxygen atoms in total. The Morgan fingerprint density at radius 3 is 2.39 bits per heavy atom. The van der Waals surface area contributed by atoms with Gasteiger partial charge in [-0.25, -0.2) is 0 Å². The van der Waals surface area contributed by atoms with Crippen LogP contribution < -0.4 is 25.2 Å². The van der Waals surface area contributed by atoms with E-state index in [1.807, 2.05) is 30.3 Å². The van der Waals surface area contributed by atoms with E-state index in [1.165, 1.54) is 0 Å². The van der Waals surface area contributed by atoms with E-state index in [-0.39, 0.29) is 17.9 Å². The Morgan fingerprint density at radius 1 is 1.03 bits per heavy atom. The highest BCUT2D eigenvalue weighted by atomic mass is 35.5. The maximum Gasteiger partial charge on any atom is 0.253 e. The first-order valence-corrected chi connectivity index (χ1v) is 12.1. The molecule has 0 radical (unpaired) electrons. The third-order valence-corrected chi connectivity index (χ3v) is 6.29. The number of carbonyl (C=O) groups excluding carboxylic acids is 2. The van der Waals surface area contributed by atoms with Gasteiger partial charge in [0.1, 0.15) is 5.75 Å². The number of hydrogen-bond donors (Lipinski definition) is 2. The highest BCUT2D eigenvalue weighted by Gasteiger charge is 2.27. The monoisotopic (exact) mass is 470 g/mol. The smallest absolute Gasteiger partial charge is 0.253 e. The highest BCUT2D eigenvalue weighted by Crippen LogP contribution is 2.31. The molecule has 2 aromatic rings. The molecule has 0 aromatic heterocycles. The third kappa shape index (κ3) is 5.90. The molecule has 1 aliphatic carbocycles. The van der Waals surface area contributed by atoms with Crippen molar-refractivity contribution in [2.24, 2.45) is 0 Å². The summed E-state index contributed by atoms with van der Waals surface area (Å²) in [6, 6.07) is 13.9. The number of halogens is 1. The number of carbonyl (C=O) groups is 2. The number of nitrogens with one attached hydrogen (secondary N) is 2. The van der Waals surface area contributed by atoms with Crippen LogP contribution in [0.4, 0.5) is 17.1 Å². The molecular weight excluding hydrogens is 440 g/mol. The summed E-state index contributed by atoms with van der Waals surface area (Å²) in [4.78, 5) is 29.7. The molecule has 1 saturated heterocycles. The highest BCUT2D eigenvalue weighted by molar-refractivity contribution is 6.18. The minimum absolute atomic E-state index is 0.0866. The van der Waals surface area contributed by atoms with E-state index in [1.54, 1.807) is 13.2 Å². The number of nitrogens with zero attached hydrogens (tertiary/aromatic N) is 2. The summed E-state index contributed by atoms with van der Waals surface area (Å²) in [6.07, 6.45) is 3.03. The molecule has 8 heteroatoms. The molecule has 0 spiro atoms. The molecule has 2 N–H and O–H groups in total. The van der Waals surface area contributed by atoms with Crippen molar-refractivity contribution in [3.63, 3.8) is 0 Å². The number of piperazine rings is 1. The lowest BCUT2D eigenvalue weighted by molar-refractivity contribution is -0.116. The first-order valence-electron chi connectivity index (χ1n) is 11.5. The fourth-order valence-electron chi connectivity index (χ4n) is 4.09. The summed E-state index contributed by atoms with van der Waals surface area (Å²) in [5.41, 5.74) is 3.21. The summed E-state index contributed by atoms with van der Waals surface area (Å²) < 4.78 is 5.52. The van der Waals surface area contributed by atoms with Crippen LogP contribution in [0.2, 0.25) is 0 Å². The van der Waals surface area contributed by atoms with Gasteiger partial charge in [0.05, 0.1) is 18.4 Å². The second-order valence-electron chi connectivity index (χ2n) is 8.47. The van der Waals surface area contributed by atoms with Gasteiger partial charge >= 0.3 is 0 Å². The molecule has 2 amide bonds. The number of methoxy groups -OCH3 is 1. The molecule has 176 valence electrons. The van der Waals surface area contributed by atoms with Gasteiger partial charge in [-0.1, -0.05) is 12.1 Å². The topological polar surface area (TPSA) is 73.9 Å². The molecular formula is C25H31ClN4O3. The summed E-state index contributed by atoms with van der Waals surface area (Å²) >= 11 is 5.69. The predicted octanol–water partition coefficient (Wildman–Crippen LogP) is 3.87. The first-order chi connectivity index (χ1) is 16.1. The van der Waals surface area contributed by atoms with Crippen LogP contribution in [0.15, 0.2) is 42.5 Å². The Kier molecular flexibility index (Phi) is 7.60. The Hall–Kier alpha value is -2.93. The van der Waals surface area contributed by atoms with Crippen molar-refractivity contribution >= 4 is 40.5 Å². The van der Waals surface area contributed by atoms with E-state index in [0.29, 0.717) is 30.0 Å². The van der Waals surface area contributed by atoms with Crippen LogP contribution in [0, 0.1) is 0 Å². The minimum Gasteiger partial charge on any atom is -0.495 e. The number of benzene rings is 2. The van der Waals surface area contributed by atoms with Gasteiger partial charge in [0.2, 0.25) is 5.91 Å². The Bertz CT molecular complexity index is 987. The number of amides is 2. The summed E-state index contributed by atoms with van der Waals surface area (Å²) in [5, 5.41) is 5.99. The van der Waals surface area contributed by atoms with Crippen LogP contribution >= 0.6 is 11.6 Å². The van der Waals surface area contributed by atoms with E-state index in [2.05, 4.69) is 26.5 Å². The number of para-hydroxylation sites is 2. The van der Waals surface area contributed by atoms with Gasteiger partial charge < -0.3 is 25.2 Å². The largest absolute Gasteiger partial charge is 0.495 e. The second-order valence-corrected chi connectivity index (χ2v) is 8.84. The van der Waals surface area contributed by atoms with Crippen LogP contribution in [0.1, 0.15) is 36.0 Å². The standard InChI is InChI=1S/C25H31ClN4O3/c1-33-23-6-3-2-5-22(23)30-15-13-29(14-16-30)21-11-10-19(27-24(31)7-4-12-26)17-20(21)25(32)28-18-8-9-18/h2-3,5-6,10-11,17-18H,4,7-9,12-16H2,1H3,(H,27,31)(H,28,32). The Balaban J connectivity index is 1.50. The molecule has 4 rings (SSSR count). The lowest BCUT2D eigenvalue weighted by Gasteiger charge is -2.38. The predicted molar refractivity (Wildman–Crippen MR) is 133 cm³/mol. The maximum atomic E-state index is 13.0. The summed E-state index contributed by atoms with van der Waals surface area (Å²) in [7, 11) is 1.69. The van der Waals surface area contributed by atoms with Crippen molar-refractivity contribution in [3.8, 4) is 5.75 Å². The van der Waals surface area contributed by atoms with Crippen molar-refractivity contribution < 1.29 is 14.3 Å². The molecule has 0 atom stereocenters. The SMILES string of the molecule is COc1ccccc1N1CCN(c2ccc(NC(=O)CCCCl)cc2C(=O)NC2CC2)CC1. The molecule has 1 saturated carbocycles. The van der Waals surface area contributed by atoms with Crippen LogP contribution in [0.3, 0.4) is 0 Å². The van der Waals surface area contributed by atoms with Crippen molar-refractivity contribution in [1.82, 2.24) is 5.32 Å². The fourth-order valence-corrected chi connectivity index (χ4v) is 4.23. The zero-order valence-corrected chi connectivity index (χ0v) is 19.7. The molecule has 0 unspecified atom stereocenters. The number of alkyl halides is 1. The normalized spacial score (nSPS) is 15.8. The van der Waals surface area contributed by atoms with Crippen molar-refractivity contribution in [2.75, 3.05) is 54.3 Å².